The van der Waals surface area contributed by atoms with Crippen molar-refractivity contribution >= 4 is 28.9 Å². The fourth-order valence-electron chi connectivity index (χ4n) is 5.23. The van der Waals surface area contributed by atoms with Crippen LogP contribution >= 0.6 is 23.2 Å². The zero-order valence-electron chi connectivity index (χ0n) is 23.0. The molecule has 4 rings (SSSR count). The third-order valence-corrected chi connectivity index (χ3v) is 8.23. The Morgan fingerprint density at radius 3 is 2.38 bits per heavy atom. The lowest BCUT2D eigenvalue weighted by atomic mass is 9.84. The van der Waals surface area contributed by atoms with Crippen LogP contribution in [-0.2, 0) is 28.0 Å². The standard InChI is InChI=1S/C31H32Cl2F4N2O3/c1-41-38-29(20-42-19-21-15-24(31(35,36)37)18-25(34)16-21)26(22-7-8-27(32)28(33)17-22)9-12-39-13-10-30(40,11-14-39)23-5-3-2-4-6-23/h2-8,15-18,26,40H,9-14,19-20H2,1H3. The second kappa shape index (κ2) is 14.2. The van der Waals surface area contributed by atoms with E-state index in [9.17, 15) is 22.7 Å². The number of alkyl halides is 3. The van der Waals surface area contributed by atoms with Gasteiger partial charge in [0.05, 0.1) is 40.1 Å². The molecule has 3 aromatic rings. The van der Waals surface area contributed by atoms with Gasteiger partial charge in [0.2, 0.25) is 0 Å². The third kappa shape index (κ3) is 8.45. The van der Waals surface area contributed by atoms with Gasteiger partial charge in [-0.3, -0.25) is 0 Å². The average molecular weight is 628 g/mol. The maximum Gasteiger partial charge on any atom is 0.416 e. The molecule has 0 saturated carbocycles. The number of aliphatic hydroxyl groups is 1. The smallest absolute Gasteiger partial charge is 0.399 e. The van der Waals surface area contributed by atoms with Crippen molar-refractivity contribution in [2.45, 2.75) is 43.6 Å². The molecular weight excluding hydrogens is 595 g/mol. The van der Waals surface area contributed by atoms with E-state index in [-0.39, 0.29) is 24.7 Å². The molecule has 5 nitrogen and oxygen atoms in total. The highest BCUT2D eigenvalue weighted by atomic mass is 35.5. The van der Waals surface area contributed by atoms with Gasteiger partial charge in [-0.15, -0.1) is 0 Å². The van der Waals surface area contributed by atoms with E-state index in [0.717, 1.165) is 23.3 Å². The van der Waals surface area contributed by atoms with Gasteiger partial charge < -0.3 is 19.6 Å². The van der Waals surface area contributed by atoms with Crippen LogP contribution in [0.15, 0.2) is 71.9 Å². The summed E-state index contributed by atoms with van der Waals surface area (Å²) in [5, 5.41) is 16.2. The van der Waals surface area contributed by atoms with Crippen molar-refractivity contribution < 1.29 is 32.2 Å². The summed E-state index contributed by atoms with van der Waals surface area (Å²) in [5.41, 5.74) is 0.296. The molecule has 3 aromatic carbocycles. The number of benzene rings is 3. The maximum atomic E-state index is 13.9. The van der Waals surface area contributed by atoms with E-state index >= 15 is 0 Å². The van der Waals surface area contributed by atoms with E-state index in [1.54, 1.807) is 12.1 Å². The number of hydrogen-bond donors (Lipinski definition) is 1. The van der Waals surface area contributed by atoms with Crippen LogP contribution in [-0.4, -0.2) is 49.1 Å². The topological polar surface area (TPSA) is 54.3 Å². The number of hydrogen-bond acceptors (Lipinski definition) is 5. The van der Waals surface area contributed by atoms with Crippen LogP contribution < -0.4 is 0 Å². The number of ether oxygens (including phenoxy) is 1. The summed E-state index contributed by atoms with van der Waals surface area (Å²) >= 11 is 12.5. The van der Waals surface area contributed by atoms with Crippen LogP contribution in [0, 0.1) is 5.82 Å². The number of rotatable bonds is 11. The molecule has 1 fully saturated rings. The number of piperidine rings is 1. The number of halogens is 6. The van der Waals surface area contributed by atoms with Crippen molar-refractivity contribution in [3.63, 3.8) is 0 Å². The summed E-state index contributed by atoms with van der Waals surface area (Å²) in [4.78, 5) is 7.37. The molecule has 1 atom stereocenters. The van der Waals surface area contributed by atoms with E-state index in [4.69, 9.17) is 32.8 Å². The molecule has 1 unspecified atom stereocenters. The Morgan fingerprint density at radius 1 is 1.02 bits per heavy atom. The van der Waals surface area contributed by atoms with Gasteiger partial charge in [-0.1, -0.05) is 64.8 Å². The second-order valence-electron chi connectivity index (χ2n) is 10.4. The lowest BCUT2D eigenvalue weighted by Crippen LogP contribution is -2.43. The van der Waals surface area contributed by atoms with Crippen LogP contribution in [0.25, 0.3) is 0 Å². The largest absolute Gasteiger partial charge is 0.416 e. The molecular formula is C31H32Cl2F4N2O3. The Kier molecular flexibility index (Phi) is 10.9. The summed E-state index contributed by atoms with van der Waals surface area (Å²) < 4.78 is 59.0. The van der Waals surface area contributed by atoms with Crippen LogP contribution in [0.4, 0.5) is 17.6 Å². The molecule has 11 heteroatoms. The lowest BCUT2D eigenvalue weighted by Gasteiger charge is -2.39. The molecule has 0 bridgehead atoms. The first kappa shape index (κ1) is 32.2. The van der Waals surface area contributed by atoms with Crippen molar-refractivity contribution in [1.29, 1.82) is 0 Å². The first-order valence-electron chi connectivity index (χ1n) is 13.5. The van der Waals surface area contributed by atoms with Gasteiger partial charge in [0.15, 0.2) is 0 Å². The minimum absolute atomic E-state index is 0.0457. The Labute approximate surface area is 252 Å². The molecule has 0 amide bonds. The van der Waals surface area contributed by atoms with E-state index in [1.165, 1.54) is 7.11 Å². The summed E-state index contributed by atoms with van der Waals surface area (Å²) in [6.07, 6.45) is -2.91. The van der Waals surface area contributed by atoms with Gasteiger partial charge >= 0.3 is 6.18 Å². The molecule has 0 spiro atoms. The van der Waals surface area contributed by atoms with E-state index in [1.807, 2.05) is 36.4 Å². The molecule has 42 heavy (non-hydrogen) atoms. The van der Waals surface area contributed by atoms with Crippen LogP contribution in [0.1, 0.15) is 47.4 Å². The lowest BCUT2D eigenvalue weighted by molar-refractivity contribution is -0.137. The molecule has 0 aliphatic carbocycles. The molecule has 1 heterocycles. The van der Waals surface area contributed by atoms with Gasteiger partial charge in [-0.05, 0) is 72.8 Å². The zero-order chi connectivity index (χ0) is 30.3. The fourth-order valence-corrected chi connectivity index (χ4v) is 5.54. The highest BCUT2D eigenvalue weighted by Crippen LogP contribution is 2.35. The molecule has 1 aliphatic rings. The molecule has 0 aromatic heterocycles. The predicted molar refractivity (Wildman–Crippen MR) is 155 cm³/mol. The fraction of sp³-hybridized carbons (Fsp3) is 0.387. The SMILES string of the molecule is CON=C(COCc1cc(F)cc(C(F)(F)F)c1)C(CCN1CCC(O)(c2ccccc2)CC1)c1ccc(Cl)c(Cl)c1. The highest BCUT2D eigenvalue weighted by molar-refractivity contribution is 6.42. The Balaban J connectivity index is 1.46. The second-order valence-corrected chi connectivity index (χ2v) is 11.2. The number of nitrogens with zero attached hydrogens (tertiary/aromatic N) is 2. The van der Waals surface area contributed by atoms with E-state index < -0.39 is 23.2 Å². The van der Waals surface area contributed by atoms with Gasteiger partial charge in [0.25, 0.3) is 0 Å². The zero-order valence-corrected chi connectivity index (χ0v) is 24.5. The summed E-state index contributed by atoms with van der Waals surface area (Å²) in [6.45, 7) is 1.70. The Bertz CT molecular complexity index is 1360. The van der Waals surface area contributed by atoms with Gasteiger partial charge in [-0.2, -0.15) is 13.2 Å². The van der Waals surface area contributed by atoms with Gasteiger partial charge in [0, 0.05) is 19.0 Å². The first-order chi connectivity index (χ1) is 20.0. The van der Waals surface area contributed by atoms with Crippen molar-refractivity contribution in [2.24, 2.45) is 5.16 Å². The minimum atomic E-state index is -4.68. The maximum absolute atomic E-state index is 13.9. The van der Waals surface area contributed by atoms with Crippen molar-refractivity contribution in [3.05, 3.63) is 105 Å². The molecule has 1 N–H and O–H groups in total. The Morgan fingerprint density at radius 2 is 1.74 bits per heavy atom. The molecule has 0 radical (unpaired) electrons. The first-order valence-corrected chi connectivity index (χ1v) is 14.2. The normalized spacial score (nSPS) is 16.8. The monoisotopic (exact) mass is 626 g/mol. The third-order valence-electron chi connectivity index (χ3n) is 7.49. The summed E-state index contributed by atoms with van der Waals surface area (Å²) in [7, 11) is 1.39. The molecule has 1 saturated heterocycles. The van der Waals surface area contributed by atoms with Crippen LogP contribution in [0.3, 0.4) is 0 Å². The van der Waals surface area contributed by atoms with Crippen molar-refractivity contribution in [1.82, 2.24) is 4.90 Å². The van der Waals surface area contributed by atoms with Crippen molar-refractivity contribution in [3.8, 4) is 0 Å². The van der Waals surface area contributed by atoms with Crippen LogP contribution in [0.2, 0.25) is 10.0 Å². The van der Waals surface area contributed by atoms with Gasteiger partial charge in [-0.25, -0.2) is 4.39 Å². The minimum Gasteiger partial charge on any atom is -0.399 e. The Hall–Kier alpha value is -2.69. The van der Waals surface area contributed by atoms with Crippen molar-refractivity contribution in [2.75, 3.05) is 33.4 Å². The predicted octanol–water partition coefficient (Wildman–Crippen LogP) is 7.83. The quantitative estimate of drug-likeness (QED) is 0.134. The highest BCUT2D eigenvalue weighted by Gasteiger charge is 2.34. The number of likely N-dealkylation sites (tertiary alicyclic amines) is 1. The molecule has 1 aliphatic heterocycles. The average Bonchev–Trinajstić information content (AvgIpc) is 2.95. The van der Waals surface area contributed by atoms with Crippen LogP contribution in [0.5, 0.6) is 0 Å². The van der Waals surface area contributed by atoms with E-state index in [0.29, 0.717) is 60.7 Å². The van der Waals surface area contributed by atoms with E-state index in [2.05, 4.69) is 10.1 Å². The summed E-state index contributed by atoms with van der Waals surface area (Å²) in [6, 6.07) is 17.2. The number of oxime groups is 1. The van der Waals surface area contributed by atoms with Gasteiger partial charge in [0.1, 0.15) is 12.9 Å². The molecule has 226 valence electrons. The summed E-state index contributed by atoms with van der Waals surface area (Å²) in [5.74, 6) is -1.32.